The number of carbonyl (C=O) groups excluding carboxylic acids is 1. The number of piperidine rings is 1. The fraction of sp³-hybridized carbons (Fsp3) is 0.929. The van der Waals surface area contributed by atoms with E-state index in [0.29, 0.717) is 18.5 Å². The second-order valence-corrected chi connectivity index (χ2v) is 6.15. The highest BCUT2D eigenvalue weighted by molar-refractivity contribution is 5.78. The molecule has 0 radical (unpaired) electrons. The summed E-state index contributed by atoms with van der Waals surface area (Å²) < 4.78 is 0. The van der Waals surface area contributed by atoms with Crippen LogP contribution in [0.2, 0.25) is 0 Å². The van der Waals surface area contributed by atoms with Gasteiger partial charge in [-0.05, 0) is 40.0 Å². The van der Waals surface area contributed by atoms with E-state index in [-0.39, 0.29) is 18.0 Å². The summed E-state index contributed by atoms with van der Waals surface area (Å²) in [6.45, 7) is 12.9. The van der Waals surface area contributed by atoms with Crippen molar-refractivity contribution in [2.75, 3.05) is 19.6 Å². The predicted octanol–water partition coefficient (Wildman–Crippen LogP) is 1.30. The summed E-state index contributed by atoms with van der Waals surface area (Å²) in [7, 11) is 0. The Balaban J connectivity index is 2.53. The minimum atomic E-state index is 0.239. The van der Waals surface area contributed by atoms with E-state index in [0.717, 1.165) is 19.5 Å². The number of amides is 1. The van der Waals surface area contributed by atoms with Crippen LogP contribution >= 0.6 is 0 Å². The van der Waals surface area contributed by atoms with Gasteiger partial charge in [-0.2, -0.15) is 0 Å². The molecule has 1 rings (SSSR count). The third kappa shape index (κ3) is 3.95. The first-order valence-corrected chi connectivity index (χ1v) is 7.12. The molecule has 18 heavy (non-hydrogen) atoms. The van der Waals surface area contributed by atoms with Gasteiger partial charge in [-0.1, -0.05) is 6.92 Å². The summed E-state index contributed by atoms with van der Waals surface area (Å²) in [5, 5.41) is 0. The van der Waals surface area contributed by atoms with Gasteiger partial charge in [-0.25, -0.2) is 0 Å². The zero-order chi connectivity index (χ0) is 13.9. The largest absolute Gasteiger partial charge is 0.337 e. The average molecular weight is 255 g/mol. The molecule has 2 atom stereocenters. The van der Waals surface area contributed by atoms with Crippen LogP contribution < -0.4 is 5.73 Å². The maximum absolute atomic E-state index is 12.3. The normalized spacial score (nSPS) is 25.8. The van der Waals surface area contributed by atoms with Gasteiger partial charge >= 0.3 is 0 Å². The molecule has 0 aromatic rings. The molecular formula is C14H29N3O. The van der Waals surface area contributed by atoms with Crippen molar-refractivity contribution in [3.05, 3.63) is 0 Å². The third-order valence-corrected chi connectivity index (χ3v) is 3.82. The lowest BCUT2D eigenvalue weighted by Crippen LogP contribution is -2.51. The first-order valence-electron chi connectivity index (χ1n) is 7.12. The Morgan fingerprint density at radius 3 is 2.33 bits per heavy atom. The van der Waals surface area contributed by atoms with E-state index < -0.39 is 0 Å². The molecule has 1 fully saturated rings. The van der Waals surface area contributed by atoms with Crippen molar-refractivity contribution in [3.8, 4) is 0 Å². The van der Waals surface area contributed by atoms with E-state index in [1.54, 1.807) is 0 Å². The monoisotopic (exact) mass is 255 g/mol. The SMILES string of the molecule is CC1CN(CC(=O)N(C(C)C)C(C)C)CCC1N. The fourth-order valence-corrected chi connectivity index (χ4v) is 2.84. The molecule has 1 heterocycles. The first-order chi connectivity index (χ1) is 8.32. The second-order valence-electron chi connectivity index (χ2n) is 6.15. The van der Waals surface area contributed by atoms with Crippen LogP contribution in [-0.2, 0) is 4.79 Å². The van der Waals surface area contributed by atoms with Gasteiger partial charge in [0.1, 0.15) is 0 Å². The van der Waals surface area contributed by atoms with Gasteiger partial charge in [-0.15, -0.1) is 0 Å². The number of hydrogen-bond acceptors (Lipinski definition) is 3. The summed E-state index contributed by atoms with van der Waals surface area (Å²) in [6.07, 6.45) is 0.998. The average Bonchev–Trinajstić information content (AvgIpc) is 2.22. The molecule has 106 valence electrons. The van der Waals surface area contributed by atoms with Crippen LogP contribution in [0.25, 0.3) is 0 Å². The van der Waals surface area contributed by atoms with E-state index in [2.05, 4.69) is 39.5 Å². The Hall–Kier alpha value is -0.610. The summed E-state index contributed by atoms with van der Waals surface area (Å²) in [6, 6.07) is 0.826. The van der Waals surface area contributed by atoms with Gasteiger partial charge in [0.05, 0.1) is 6.54 Å². The molecule has 1 saturated heterocycles. The van der Waals surface area contributed by atoms with Crippen LogP contribution in [0.15, 0.2) is 0 Å². The fourth-order valence-electron chi connectivity index (χ4n) is 2.84. The number of rotatable bonds is 4. The van der Waals surface area contributed by atoms with Crippen molar-refractivity contribution in [2.45, 2.75) is 59.2 Å². The molecule has 1 amide bonds. The number of hydrogen-bond donors (Lipinski definition) is 1. The third-order valence-electron chi connectivity index (χ3n) is 3.82. The summed E-state index contributed by atoms with van der Waals surface area (Å²) in [5.74, 6) is 0.723. The Morgan fingerprint density at radius 2 is 1.89 bits per heavy atom. The van der Waals surface area contributed by atoms with Crippen molar-refractivity contribution in [1.82, 2.24) is 9.80 Å². The van der Waals surface area contributed by atoms with Crippen LogP contribution in [0.5, 0.6) is 0 Å². The van der Waals surface area contributed by atoms with Gasteiger partial charge in [0, 0.05) is 31.2 Å². The van der Waals surface area contributed by atoms with E-state index in [9.17, 15) is 4.79 Å². The Bertz CT molecular complexity index is 270. The van der Waals surface area contributed by atoms with Crippen LogP contribution in [-0.4, -0.2) is 53.5 Å². The van der Waals surface area contributed by atoms with E-state index in [4.69, 9.17) is 5.73 Å². The second kappa shape index (κ2) is 6.53. The van der Waals surface area contributed by atoms with Gasteiger partial charge in [-0.3, -0.25) is 9.69 Å². The van der Waals surface area contributed by atoms with E-state index in [1.165, 1.54) is 0 Å². The van der Waals surface area contributed by atoms with Gasteiger partial charge in [0.25, 0.3) is 0 Å². The molecule has 0 bridgehead atoms. The van der Waals surface area contributed by atoms with Crippen molar-refractivity contribution in [2.24, 2.45) is 11.7 Å². The van der Waals surface area contributed by atoms with Crippen molar-refractivity contribution < 1.29 is 4.79 Å². The van der Waals surface area contributed by atoms with Crippen molar-refractivity contribution >= 4 is 5.91 Å². The minimum Gasteiger partial charge on any atom is -0.337 e. The lowest BCUT2D eigenvalue weighted by atomic mass is 9.95. The van der Waals surface area contributed by atoms with Crippen LogP contribution in [0.1, 0.15) is 41.0 Å². The highest BCUT2D eigenvalue weighted by Crippen LogP contribution is 2.15. The van der Waals surface area contributed by atoms with Gasteiger partial charge < -0.3 is 10.6 Å². The molecule has 4 nitrogen and oxygen atoms in total. The molecule has 2 N–H and O–H groups in total. The Morgan fingerprint density at radius 1 is 1.33 bits per heavy atom. The standard InChI is InChI=1S/C14H29N3O/c1-10(2)17(11(3)4)14(18)9-16-7-6-13(15)12(5)8-16/h10-13H,6-9,15H2,1-5H3. The molecule has 1 aliphatic heterocycles. The molecule has 0 aromatic carbocycles. The number of carbonyl (C=O) groups is 1. The van der Waals surface area contributed by atoms with Crippen LogP contribution in [0, 0.1) is 5.92 Å². The molecule has 0 aliphatic carbocycles. The quantitative estimate of drug-likeness (QED) is 0.824. The summed E-state index contributed by atoms with van der Waals surface area (Å²) in [5.41, 5.74) is 6.01. The first kappa shape index (κ1) is 15.4. The van der Waals surface area contributed by atoms with E-state index in [1.807, 2.05) is 4.90 Å². The topological polar surface area (TPSA) is 49.6 Å². The number of nitrogens with zero attached hydrogens (tertiary/aromatic N) is 2. The van der Waals surface area contributed by atoms with Gasteiger partial charge in [0.15, 0.2) is 0 Å². The highest BCUT2D eigenvalue weighted by atomic mass is 16.2. The number of likely N-dealkylation sites (tertiary alicyclic amines) is 1. The summed E-state index contributed by atoms with van der Waals surface area (Å²) >= 11 is 0. The van der Waals surface area contributed by atoms with Crippen LogP contribution in [0.4, 0.5) is 0 Å². The molecule has 2 unspecified atom stereocenters. The van der Waals surface area contributed by atoms with Crippen LogP contribution in [0.3, 0.4) is 0 Å². The molecule has 0 saturated carbocycles. The molecule has 4 heteroatoms. The summed E-state index contributed by atoms with van der Waals surface area (Å²) in [4.78, 5) is 16.6. The minimum absolute atomic E-state index is 0.239. The van der Waals surface area contributed by atoms with Gasteiger partial charge in [0.2, 0.25) is 5.91 Å². The predicted molar refractivity (Wildman–Crippen MR) is 75.3 cm³/mol. The number of nitrogens with two attached hydrogens (primary N) is 1. The smallest absolute Gasteiger partial charge is 0.237 e. The lowest BCUT2D eigenvalue weighted by Gasteiger charge is -2.37. The maximum atomic E-state index is 12.3. The lowest BCUT2D eigenvalue weighted by molar-refractivity contribution is -0.136. The molecular weight excluding hydrogens is 226 g/mol. The Labute approximate surface area is 111 Å². The molecule has 1 aliphatic rings. The molecule has 0 spiro atoms. The van der Waals surface area contributed by atoms with Crippen molar-refractivity contribution in [1.29, 1.82) is 0 Å². The zero-order valence-corrected chi connectivity index (χ0v) is 12.5. The highest BCUT2D eigenvalue weighted by Gasteiger charge is 2.27. The zero-order valence-electron chi connectivity index (χ0n) is 12.5. The van der Waals surface area contributed by atoms with Crippen molar-refractivity contribution in [3.63, 3.8) is 0 Å². The maximum Gasteiger partial charge on any atom is 0.237 e. The van der Waals surface area contributed by atoms with E-state index >= 15 is 0 Å². The Kier molecular flexibility index (Phi) is 5.60. The molecule has 0 aromatic heterocycles.